The molecule has 0 aliphatic heterocycles. The molecule has 0 aromatic rings. The predicted octanol–water partition coefficient (Wildman–Crippen LogP) is 7.21. The van der Waals surface area contributed by atoms with E-state index < -0.39 is 168 Å². The van der Waals surface area contributed by atoms with E-state index in [0.29, 0.717) is 0 Å². The molecule has 36 heteroatoms. The van der Waals surface area contributed by atoms with Gasteiger partial charge in [-0.05, 0) is 0 Å². The first-order chi connectivity index (χ1) is 28.0. The molecule has 0 heterocycles. The van der Waals surface area contributed by atoms with Crippen LogP contribution in [-0.2, 0) is 18.9 Å². The quantitative estimate of drug-likeness (QED) is 0.150. The van der Waals surface area contributed by atoms with Gasteiger partial charge in [0.15, 0.2) is 0 Å². The SMILES string of the molecule is OC(COCCOCC(O)COC12C(F)(F)C3(F)C(F)(F)C(F)(C(F)(F)C(F)(C3(F)F)C1(F)F)C2(F)F)COC12C(F)(F)C3(F)C(F)(F)C(F)(C(F)(F)C(F)(C3(F)F)C1(F)F)C2(F)F. The first-order valence-electron chi connectivity index (χ1n) is 16.5. The highest BCUT2D eigenvalue weighted by atomic mass is 19.4. The van der Waals surface area contributed by atoms with Crippen LogP contribution >= 0.6 is 0 Å². The van der Waals surface area contributed by atoms with Gasteiger partial charge >= 0.3 is 105 Å². The average Bonchev–Trinajstić information content (AvgIpc) is 3.12. The number of ether oxygens (including phenoxy) is 4. The lowest BCUT2D eigenvalue weighted by atomic mass is 9.40. The Morgan fingerprint density at radius 1 is 0.250 bits per heavy atom. The van der Waals surface area contributed by atoms with Crippen molar-refractivity contribution in [3.8, 4) is 0 Å². The molecule has 6 nitrogen and oxygen atoms in total. The smallest absolute Gasteiger partial charge is 0.339 e. The number of aliphatic hydroxyl groups is 2. The molecule has 0 spiro atoms. The van der Waals surface area contributed by atoms with Gasteiger partial charge in [0.25, 0.3) is 11.2 Å². The van der Waals surface area contributed by atoms with Crippen LogP contribution in [0.25, 0.3) is 0 Å². The Morgan fingerprint density at radius 2 is 0.406 bits per heavy atom. The number of hydrogen-bond donors (Lipinski definition) is 2. The summed E-state index contributed by atoms with van der Waals surface area (Å²) < 4.78 is 462. The maximum atomic E-state index is 15.2. The van der Waals surface area contributed by atoms with Gasteiger partial charge in [-0.25, -0.2) is 26.3 Å². The fourth-order valence-electron chi connectivity index (χ4n) is 9.25. The molecule has 8 saturated carbocycles. The zero-order valence-electron chi connectivity index (χ0n) is 29.3. The molecule has 8 aliphatic rings. The zero-order chi connectivity index (χ0) is 50.2. The Morgan fingerprint density at radius 3 is 0.562 bits per heavy atom. The Bertz CT molecular complexity index is 1590. The number of aliphatic hydroxyl groups excluding tert-OH is 2. The summed E-state index contributed by atoms with van der Waals surface area (Å²) in [6.45, 7) is -12.2. The van der Waals surface area contributed by atoms with Crippen LogP contribution in [0.15, 0.2) is 0 Å². The van der Waals surface area contributed by atoms with Crippen molar-refractivity contribution >= 4 is 0 Å². The van der Waals surface area contributed by atoms with Crippen LogP contribution < -0.4 is 0 Å². The molecule has 8 fully saturated rings. The lowest BCUT2D eigenvalue weighted by Gasteiger charge is -2.74. The minimum atomic E-state index is -8.16. The van der Waals surface area contributed by atoms with E-state index in [-0.39, 0.29) is 0 Å². The van der Waals surface area contributed by atoms with Crippen LogP contribution in [0, 0.1) is 0 Å². The number of alkyl halides is 30. The van der Waals surface area contributed by atoms with E-state index in [0.717, 1.165) is 0 Å². The van der Waals surface area contributed by atoms with E-state index in [9.17, 15) is 62.9 Å². The van der Waals surface area contributed by atoms with E-state index in [1.807, 2.05) is 0 Å². The minimum absolute atomic E-state index is 1.37. The molecule has 2 unspecified atom stereocenters. The summed E-state index contributed by atoms with van der Waals surface area (Å²) in [5.41, 5.74) is -63.1. The van der Waals surface area contributed by atoms with E-state index in [1.54, 1.807) is 0 Å². The molecular formula is C28H16F30O6. The van der Waals surface area contributed by atoms with E-state index in [4.69, 9.17) is 0 Å². The summed E-state index contributed by atoms with van der Waals surface area (Å²) in [5.74, 6) is -97.0. The van der Waals surface area contributed by atoms with Crippen molar-refractivity contribution in [1.82, 2.24) is 0 Å². The predicted molar refractivity (Wildman–Crippen MR) is 133 cm³/mol. The van der Waals surface area contributed by atoms with Gasteiger partial charge in [0.2, 0.25) is 0 Å². The number of rotatable bonds is 13. The molecular weight excluding hydrogens is 1000 g/mol. The molecule has 2 N–H and O–H groups in total. The van der Waals surface area contributed by atoms with Gasteiger partial charge in [-0.15, -0.1) is 0 Å². The van der Waals surface area contributed by atoms with Gasteiger partial charge in [0, 0.05) is 0 Å². The molecule has 0 radical (unpaired) electrons. The lowest BCUT2D eigenvalue weighted by Crippen LogP contribution is -3.10. The third-order valence-corrected chi connectivity index (χ3v) is 12.4. The summed E-state index contributed by atoms with van der Waals surface area (Å²) in [5, 5.41) is 19.5. The molecule has 8 bridgehead atoms. The van der Waals surface area contributed by atoms with Crippen LogP contribution in [0.3, 0.4) is 0 Å². The molecule has 374 valence electrons. The topological polar surface area (TPSA) is 77.4 Å². The Balaban J connectivity index is 1.13. The van der Waals surface area contributed by atoms with E-state index in [1.165, 1.54) is 0 Å². The zero-order valence-corrected chi connectivity index (χ0v) is 29.3. The second-order valence-corrected chi connectivity index (χ2v) is 15.3. The third-order valence-electron chi connectivity index (χ3n) is 12.4. The minimum Gasteiger partial charge on any atom is -0.388 e. The van der Waals surface area contributed by atoms with Crippen molar-refractivity contribution in [1.29, 1.82) is 0 Å². The second kappa shape index (κ2) is 12.1. The van der Waals surface area contributed by atoms with Gasteiger partial charge in [0.1, 0.15) is 12.2 Å². The fraction of sp³-hybridized carbons (Fsp3) is 1.00. The van der Waals surface area contributed by atoms with Gasteiger partial charge in [-0.2, -0.15) is 105 Å². The van der Waals surface area contributed by atoms with Crippen LogP contribution in [-0.4, -0.2) is 178 Å². The van der Waals surface area contributed by atoms with Crippen LogP contribution in [0.5, 0.6) is 0 Å². The fourth-order valence-corrected chi connectivity index (χ4v) is 9.25. The van der Waals surface area contributed by atoms with Crippen LogP contribution in [0.1, 0.15) is 0 Å². The van der Waals surface area contributed by atoms with E-state index in [2.05, 4.69) is 18.9 Å². The highest BCUT2D eigenvalue weighted by molar-refractivity contribution is 5.56. The molecule has 8 rings (SSSR count). The standard InChI is InChI=1S/C28H16F30O6/c29-9-17(35,36)10(30)19(39,40)11(31,18(9,37)38)25(51,52)15(23(9,47)48,24(10,49)50)63-5-7(59)3-61-1-2-62-4-8(60)6-64-16-26(53,54)12(32)20(41,42)13(33,27(16,55)56)22(45,46)14(34,21(12,43)44)28(16,57)58/h7-8,59-60H,1-6H2. The summed E-state index contributed by atoms with van der Waals surface area (Å²) in [6.07, 6.45) is -6.38. The van der Waals surface area contributed by atoms with Crippen molar-refractivity contribution in [2.45, 2.75) is 128 Å². The second-order valence-electron chi connectivity index (χ2n) is 15.3. The van der Waals surface area contributed by atoms with Crippen LogP contribution in [0.2, 0.25) is 0 Å². The molecule has 8 aliphatic carbocycles. The number of hydrogen-bond acceptors (Lipinski definition) is 6. The largest absolute Gasteiger partial charge is 0.388 e. The Kier molecular flexibility index (Phi) is 9.64. The van der Waals surface area contributed by atoms with Gasteiger partial charge in [-0.3, -0.25) is 0 Å². The normalized spacial score (nSPS) is 47.1. The molecule has 0 amide bonds. The van der Waals surface area contributed by atoms with Crippen molar-refractivity contribution in [2.75, 3.05) is 39.6 Å². The summed E-state index contributed by atoms with van der Waals surface area (Å²) in [7, 11) is 0. The van der Waals surface area contributed by atoms with Crippen molar-refractivity contribution < 1.29 is 161 Å². The Hall–Kier alpha value is -2.34. The maximum absolute atomic E-state index is 15.2. The number of halogens is 30. The third kappa shape index (κ3) is 3.73. The summed E-state index contributed by atoms with van der Waals surface area (Å²) in [6, 6.07) is 0. The Labute approximate surface area is 330 Å². The highest BCUT2D eigenvalue weighted by Gasteiger charge is 3.25. The molecule has 0 aromatic carbocycles. The van der Waals surface area contributed by atoms with Crippen molar-refractivity contribution in [2.24, 2.45) is 0 Å². The van der Waals surface area contributed by atoms with Gasteiger partial charge in [-0.1, -0.05) is 0 Å². The van der Waals surface area contributed by atoms with Gasteiger partial charge in [0.05, 0.1) is 39.6 Å². The van der Waals surface area contributed by atoms with Crippen molar-refractivity contribution in [3.05, 3.63) is 0 Å². The summed E-state index contributed by atoms with van der Waals surface area (Å²) in [4.78, 5) is 0. The molecule has 64 heavy (non-hydrogen) atoms. The van der Waals surface area contributed by atoms with Gasteiger partial charge < -0.3 is 29.2 Å². The van der Waals surface area contributed by atoms with Crippen LogP contribution in [0.4, 0.5) is 132 Å². The first kappa shape index (κ1) is 51.1. The maximum Gasteiger partial charge on any atom is 0.339 e. The molecule has 0 saturated heterocycles. The molecule has 2 atom stereocenters. The summed E-state index contributed by atoms with van der Waals surface area (Å²) >= 11 is 0. The average molecular weight is 1020 g/mol. The first-order valence-corrected chi connectivity index (χ1v) is 16.5. The molecule has 0 aromatic heterocycles. The lowest BCUT2D eigenvalue weighted by molar-refractivity contribution is -0.619. The highest BCUT2D eigenvalue weighted by Crippen LogP contribution is 2.91. The van der Waals surface area contributed by atoms with E-state index >= 15 is 79.0 Å². The van der Waals surface area contributed by atoms with Crippen molar-refractivity contribution in [3.63, 3.8) is 0 Å². The monoisotopic (exact) mass is 1020 g/mol.